The Morgan fingerprint density at radius 3 is 2.43 bits per heavy atom. The largest absolute Gasteiger partial charge is 0.478 e. The van der Waals surface area contributed by atoms with E-state index in [0.29, 0.717) is 22.8 Å². The number of hydrogen-bond acceptors (Lipinski definition) is 5. The van der Waals surface area contributed by atoms with E-state index < -0.39 is 16.8 Å². The second-order valence-electron chi connectivity index (χ2n) is 5.68. The van der Waals surface area contributed by atoms with Crippen molar-refractivity contribution in [1.29, 1.82) is 0 Å². The van der Waals surface area contributed by atoms with Crippen molar-refractivity contribution in [2.75, 3.05) is 5.32 Å². The number of carboxylic acid groups (broad SMARTS) is 1. The average Bonchev–Trinajstić information content (AvgIpc) is 3.15. The van der Waals surface area contributed by atoms with E-state index in [9.17, 15) is 19.7 Å². The normalized spacial score (nSPS) is 10.7. The van der Waals surface area contributed by atoms with E-state index >= 15 is 0 Å². The first-order valence-electron chi connectivity index (χ1n) is 8.10. The molecule has 140 valence electrons. The predicted molar refractivity (Wildman–Crippen MR) is 102 cm³/mol. The van der Waals surface area contributed by atoms with Crippen molar-refractivity contribution >= 4 is 29.3 Å². The number of carbonyl (C=O) groups is 2. The molecule has 0 aliphatic rings. The SMILES string of the molecule is O=C(/C=C/c1ccc(-c2ccccc2[N+](=O)[O-])o1)Nc1ccc(C(=O)O)cc1. The maximum absolute atomic E-state index is 12.0. The zero-order valence-electron chi connectivity index (χ0n) is 14.4. The summed E-state index contributed by atoms with van der Waals surface area (Å²) in [6.45, 7) is 0. The van der Waals surface area contributed by atoms with Crippen LogP contribution in [-0.2, 0) is 4.79 Å². The van der Waals surface area contributed by atoms with Gasteiger partial charge in [-0.15, -0.1) is 0 Å². The number of anilines is 1. The standard InChI is InChI=1S/C20H14N2O6/c23-19(21-14-7-5-13(6-8-14)20(24)25)12-10-15-9-11-18(28-15)16-3-1-2-4-17(16)22(26)27/h1-12H,(H,21,23)(H,24,25)/b12-10+. The van der Waals surface area contributed by atoms with Crippen LogP contribution in [0.3, 0.4) is 0 Å². The summed E-state index contributed by atoms with van der Waals surface area (Å²) in [4.78, 5) is 33.4. The number of carboxylic acids is 1. The van der Waals surface area contributed by atoms with Crippen molar-refractivity contribution in [3.8, 4) is 11.3 Å². The number of rotatable bonds is 6. The topological polar surface area (TPSA) is 123 Å². The molecular weight excluding hydrogens is 364 g/mol. The third-order valence-electron chi connectivity index (χ3n) is 3.79. The van der Waals surface area contributed by atoms with Crippen molar-refractivity contribution in [2.45, 2.75) is 0 Å². The molecule has 3 rings (SSSR count). The van der Waals surface area contributed by atoms with Gasteiger partial charge in [-0.3, -0.25) is 14.9 Å². The highest BCUT2D eigenvalue weighted by Gasteiger charge is 2.16. The number of aromatic carboxylic acids is 1. The number of nitro benzene ring substituents is 1. The Balaban J connectivity index is 1.69. The lowest BCUT2D eigenvalue weighted by molar-refractivity contribution is -0.384. The molecule has 2 N–H and O–H groups in total. The van der Waals surface area contributed by atoms with Crippen LogP contribution < -0.4 is 5.32 Å². The summed E-state index contributed by atoms with van der Waals surface area (Å²) in [6, 6.07) is 15.1. The molecule has 0 aliphatic heterocycles. The van der Waals surface area contributed by atoms with Gasteiger partial charge in [-0.2, -0.15) is 0 Å². The molecular formula is C20H14N2O6. The van der Waals surface area contributed by atoms with Crippen molar-refractivity contribution in [1.82, 2.24) is 0 Å². The van der Waals surface area contributed by atoms with Crippen LogP contribution in [0.5, 0.6) is 0 Å². The average molecular weight is 378 g/mol. The van der Waals surface area contributed by atoms with Gasteiger partial charge < -0.3 is 14.8 Å². The lowest BCUT2D eigenvalue weighted by Gasteiger charge is -2.02. The van der Waals surface area contributed by atoms with Crippen molar-refractivity contribution in [3.63, 3.8) is 0 Å². The van der Waals surface area contributed by atoms with Crippen LogP contribution in [0.4, 0.5) is 11.4 Å². The van der Waals surface area contributed by atoms with Gasteiger partial charge >= 0.3 is 5.97 Å². The summed E-state index contributed by atoms with van der Waals surface area (Å²) < 4.78 is 5.57. The number of nitrogens with zero attached hydrogens (tertiary/aromatic N) is 1. The Kier molecular flexibility index (Phi) is 5.31. The van der Waals surface area contributed by atoms with Crippen molar-refractivity contribution in [2.24, 2.45) is 0 Å². The van der Waals surface area contributed by atoms with Crippen LogP contribution in [0, 0.1) is 10.1 Å². The Labute approximate surface area is 158 Å². The second-order valence-corrected chi connectivity index (χ2v) is 5.68. The lowest BCUT2D eigenvalue weighted by atomic mass is 10.1. The minimum Gasteiger partial charge on any atom is -0.478 e. The predicted octanol–water partition coefficient (Wildman–Crippen LogP) is 4.20. The fourth-order valence-electron chi connectivity index (χ4n) is 2.47. The van der Waals surface area contributed by atoms with E-state index in [4.69, 9.17) is 9.52 Å². The van der Waals surface area contributed by atoms with E-state index in [1.54, 1.807) is 30.3 Å². The molecule has 2 aromatic carbocycles. The highest BCUT2D eigenvalue weighted by atomic mass is 16.6. The van der Waals surface area contributed by atoms with E-state index in [2.05, 4.69) is 5.32 Å². The first kappa shape index (κ1) is 18.6. The summed E-state index contributed by atoms with van der Waals surface area (Å²) in [5.74, 6) is -0.821. The molecule has 28 heavy (non-hydrogen) atoms. The van der Waals surface area contributed by atoms with Gasteiger partial charge in [0.25, 0.3) is 5.69 Å². The molecule has 8 nitrogen and oxygen atoms in total. The molecule has 0 saturated carbocycles. The summed E-state index contributed by atoms with van der Waals surface area (Å²) in [6.07, 6.45) is 2.67. The van der Waals surface area contributed by atoms with Gasteiger partial charge in [0, 0.05) is 17.8 Å². The van der Waals surface area contributed by atoms with Crippen LogP contribution in [0.15, 0.2) is 71.2 Å². The number of benzene rings is 2. The molecule has 0 radical (unpaired) electrons. The van der Waals surface area contributed by atoms with Gasteiger partial charge in [0.1, 0.15) is 11.5 Å². The second kappa shape index (κ2) is 8.00. The molecule has 1 amide bonds. The maximum atomic E-state index is 12.0. The van der Waals surface area contributed by atoms with Gasteiger partial charge in [-0.25, -0.2) is 4.79 Å². The summed E-state index contributed by atoms with van der Waals surface area (Å²) in [5.41, 5.74) is 0.830. The van der Waals surface area contributed by atoms with E-state index in [1.807, 2.05) is 0 Å². The Morgan fingerprint density at radius 2 is 1.75 bits per heavy atom. The number of nitrogens with one attached hydrogen (secondary N) is 1. The summed E-state index contributed by atoms with van der Waals surface area (Å²) >= 11 is 0. The Bertz CT molecular complexity index is 1070. The number of hydrogen-bond donors (Lipinski definition) is 2. The molecule has 0 fully saturated rings. The Morgan fingerprint density at radius 1 is 1.04 bits per heavy atom. The number of furan rings is 1. The summed E-state index contributed by atoms with van der Waals surface area (Å²) in [7, 11) is 0. The van der Waals surface area contributed by atoms with Gasteiger partial charge in [0.15, 0.2) is 0 Å². The molecule has 0 spiro atoms. The van der Waals surface area contributed by atoms with Crippen LogP contribution in [0.1, 0.15) is 16.1 Å². The van der Waals surface area contributed by atoms with Gasteiger partial charge in [-0.05, 0) is 48.5 Å². The quantitative estimate of drug-likeness (QED) is 0.376. The minimum absolute atomic E-state index is 0.0741. The number of nitro groups is 1. The summed E-state index contributed by atoms with van der Waals surface area (Å²) in [5, 5.41) is 22.6. The highest BCUT2D eigenvalue weighted by Crippen LogP contribution is 2.31. The molecule has 0 unspecified atom stereocenters. The van der Waals surface area contributed by atoms with E-state index in [1.165, 1.54) is 42.5 Å². The van der Waals surface area contributed by atoms with Crippen LogP contribution in [-0.4, -0.2) is 21.9 Å². The van der Waals surface area contributed by atoms with E-state index in [0.717, 1.165) is 0 Å². The zero-order chi connectivity index (χ0) is 20.1. The molecule has 1 aromatic heterocycles. The first-order chi connectivity index (χ1) is 13.4. The lowest BCUT2D eigenvalue weighted by Crippen LogP contribution is -2.07. The molecule has 0 saturated heterocycles. The van der Waals surface area contributed by atoms with E-state index in [-0.39, 0.29) is 11.3 Å². The van der Waals surface area contributed by atoms with Gasteiger partial charge in [0.2, 0.25) is 5.91 Å². The Hall–Kier alpha value is -4.20. The van der Waals surface area contributed by atoms with Crippen LogP contribution in [0.25, 0.3) is 17.4 Å². The molecule has 1 heterocycles. The van der Waals surface area contributed by atoms with Crippen LogP contribution in [0.2, 0.25) is 0 Å². The highest BCUT2D eigenvalue weighted by molar-refractivity contribution is 6.02. The smallest absolute Gasteiger partial charge is 0.335 e. The maximum Gasteiger partial charge on any atom is 0.335 e. The first-order valence-corrected chi connectivity index (χ1v) is 8.10. The van der Waals surface area contributed by atoms with Gasteiger partial charge in [0.05, 0.1) is 16.1 Å². The van der Waals surface area contributed by atoms with Crippen molar-refractivity contribution < 1.29 is 24.0 Å². The van der Waals surface area contributed by atoms with Crippen molar-refractivity contribution in [3.05, 3.63) is 88.2 Å². The minimum atomic E-state index is -1.05. The zero-order valence-corrected chi connectivity index (χ0v) is 14.4. The fourth-order valence-corrected chi connectivity index (χ4v) is 2.47. The third kappa shape index (κ3) is 4.31. The molecule has 0 aliphatic carbocycles. The molecule has 8 heteroatoms. The van der Waals surface area contributed by atoms with Gasteiger partial charge in [-0.1, -0.05) is 12.1 Å². The molecule has 0 bridgehead atoms. The third-order valence-corrected chi connectivity index (χ3v) is 3.79. The molecule has 0 atom stereocenters. The molecule has 3 aromatic rings. The monoisotopic (exact) mass is 378 g/mol. The number of carbonyl (C=O) groups excluding carboxylic acids is 1. The fraction of sp³-hybridized carbons (Fsp3) is 0. The number of amides is 1. The van der Waals surface area contributed by atoms with Crippen LogP contribution >= 0.6 is 0 Å². The number of para-hydroxylation sites is 1.